The third kappa shape index (κ3) is 3.91. The number of aromatic nitrogens is 1. The van der Waals surface area contributed by atoms with Crippen molar-refractivity contribution in [3.63, 3.8) is 0 Å². The Bertz CT molecular complexity index is 1520. The van der Waals surface area contributed by atoms with Crippen LogP contribution in [0.2, 0.25) is 0 Å². The van der Waals surface area contributed by atoms with E-state index in [0.717, 1.165) is 46.1 Å². The minimum absolute atomic E-state index is 0.0945. The minimum Gasteiger partial charge on any atom is -0.455 e. The molecule has 0 radical (unpaired) electrons. The van der Waals surface area contributed by atoms with Crippen LogP contribution in [0.15, 0.2) is 65.7 Å². The fourth-order valence-corrected chi connectivity index (χ4v) is 4.68. The highest BCUT2D eigenvalue weighted by Gasteiger charge is 2.28. The quantitative estimate of drug-likeness (QED) is 0.238. The van der Waals surface area contributed by atoms with Crippen LogP contribution in [0.25, 0.3) is 15.7 Å². The summed E-state index contributed by atoms with van der Waals surface area (Å²) in [5, 5.41) is -0.232. The molecule has 4 rings (SSSR count). The van der Waals surface area contributed by atoms with E-state index in [4.69, 9.17) is 11.3 Å². The molecule has 33 heavy (non-hydrogen) atoms. The van der Waals surface area contributed by atoms with Gasteiger partial charge in [0.1, 0.15) is 11.6 Å². The fourth-order valence-electron chi connectivity index (χ4n) is 3.35. The largest absolute Gasteiger partial charge is 0.455 e. The zero-order chi connectivity index (χ0) is 23.9. The number of halogens is 4. The van der Waals surface area contributed by atoms with Crippen molar-refractivity contribution in [2.45, 2.75) is 18.2 Å². The lowest BCUT2D eigenvalue weighted by Crippen LogP contribution is -2.12. The summed E-state index contributed by atoms with van der Waals surface area (Å²) >= 11 is 0. The SMILES string of the molecule is [C-]#[N+]c1cc(Oc2c(F)cc3c(ccn3S(=O)(=O)c3ccc(C)cc3)c2C(F)F)ccc1F. The normalized spacial score (nSPS) is 11.7. The maximum absolute atomic E-state index is 15.0. The lowest BCUT2D eigenvalue weighted by molar-refractivity contribution is 0.149. The van der Waals surface area contributed by atoms with Gasteiger partial charge in [0.2, 0.25) is 5.69 Å². The summed E-state index contributed by atoms with van der Waals surface area (Å²) < 4.78 is 88.7. The average molecular weight is 474 g/mol. The van der Waals surface area contributed by atoms with Crippen molar-refractivity contribution < 1.29 is 30.7 Å². The molecule has 0 bridgehead atoms. The predicted molar refractivity (Wildman–Crippen MR) is 113 cm³/mol. The molecule has 0 N–H and O–H groups in total. The molecular weight excluding hydrogens is 460 g/mol. The minimum atomic E-state index is -4.19. The Kier molecular flexibility index (Phi) is 5.59. The molecule has 10 heteroatoms. The molecule has 0 aliphatic heterocycles. The van der Waals surface area contributed by atoms with Crippen LogP contribution in [-0.4, -0.2) is 12.4 Å². The second kappa shape index (κ2) is 8.26. The number of nitrogens with zero attached hydrogens (tertiary/aromatic N) is 2. The second-order valence-corrected chi connectivity index (χ2v) is 8.91. The van der Waals surface area contributed by atoms with E-state index >= 15 is 0 Å². The van der Waals surface area contributed by atoms with Gasteiger partial charge in [0.05, 0.1) is 22.5 Å². The molecule has 0 aliphatic carbocycles. The maximum atomic E-state index is 15.0. The van der Waals surface area contributed by atoms with Gasteiger partial charge in [-0.2, -0.15) is 0 Å². The molecule has 4 aromatic rings. The average Bonchev–Trinajstić information content (AvgIpc) is 3.19. The predicted octanol–water partition coefficient (Wildman–Crippen LogP) is 6.75. The van der Waals surface area contributed by atoms with Gasteiger partial charge >= 0.3 is 0 Å². The van der Waals surface area contributed by atoms with Crippen molar-refractivity contribution in [1.82, 2.24) is 3.97 Å². The van der Waals surface area contributed by atoms with Crippen LogP contribution in [0, 0.1) is 25.1 Å². The first-order valence-electron chi connectivity index (χ1n) is 9.42. The molecule has 0 fully saturated rings. The molecular formula is C23H14F4N2O3S. The fraction of sp³-hybridized carbons (Fsp3) is 0.0870. The van der Waals surface area contributed by atoms with Gasteiger partial charge in [0.25, 0.3) is 16.4 Å². The molecule has 0 saturated carbocycles. The van der Waals surface area contributed by atoms with Crippen molar-refractivity contribution in [1.29, 1.82) is 0 Å². The molecule has 5 nitrogen and oxygen atoms in total. The van der Waals surface area contributed by atoms with Gasteiger partial charge in [-0.3, -0.25) is 0 Å². The van der Waals surface area contributed by atoms with E-state index in [0.29, 0.717) is 0 Å². The summed E-state index contributed by atoms with van der Waals surface area (Å²) in [4.78, 5) is 2.86. The summed E-state index contributed by atoms with van der Waals surface area (Å²) in [6.07, 6.45) is -2.17. The van der Waals surface area contributed by atoms with Gasteiger partial charge in [-0.15, -0.1) is 0 Å². The Labute approximate surface area is 186 Å². The number of ether oxygens (including phenoxy) is 1. The van der Waals surface area contributed by atoms with Crippen LogP contribution in [0.3, 0.4) is 0 Å². The smallest absolute Gasteiger partial charge is 0.268 e. The van der Waals surface area contributed by atoms with Gasteiger partial charge < -0.3 is 4.74 Å². The van der Waals surface area contributed by atoms with E-state index in [9.17, 15) is 26.0 Å². The number of aryl methyl sites for hydroxylation is 1. The second-order valence-electron chi connectivity index (χ2n) is 7.09. The Balaban J connectivity index is 1.89. The highest BCUT2D eigenvalue weighted by atomic mass is 32.2. The topological polar surface area (TPSA) is 52.7 Å². The molecule has 168 valence electrons. The molecule has 0 aliphatic rings. The maximum Gasteiger partial charge on any atom is 0.268 e. The zero-order valence-electron chi connectivity index (χ0n) is 16.9. The number of rotatable bonds is 5. The van der Waals surface area contributed by atoms with E-state index < -0.39 is 45.1 Å². The number of fused-ring (bicyclic) bond motifs is 1. The van der Waals surface area contributed by atoms with Crippen molar-refractivity contribution in [3.8, 4) is 11.5 Å². The van der Waals surface area contributed by atoms with Crippen molar-refractivity contribution >= 4 is 26.6 Å². The molecule has 0 amide bonds. The number of hydrogen-bond acceptors (Lipinski definition) is 3. The summed E-state index contributed by atoms with van der Waals surface area (Å²) in [7, 11) is -4.19. The first kappa shape index (κ1) is 22.4. The summed E-state index contributed by atoms with van der Waals surface area (Å²) in [6, 6.07) is 10.7. The van der Waals surface area contributed by atoms with E-state index in [2.05, 4.69) is 4.85 Å². The third-order valence-electron chi connectivity index (χ3n) is 4.96. The van der Waals surface area contributed by atoms with Crippen LogP contribution in [0.1, 0.15) is 17.6 Å². The molecule has 0 saturated heterocycles. The highest BCUT2D eigenvalue weighted by molar-refractivity contribution is 7.90. The molecule has 0 spiro atoms. The van der Waals surface area contributed by atoms with Crippen molar-refractivity contribution in [2.75, 3.05) is 0 Å². The van der Waals surface area contributed by atoms with E-state index in [1.165, 1.54) is 12.1 Å². The molecule has 0 unspecified atom stereocenters. The molecule has 1 heterocycles. The third-order valence-corrected chi connectivity index (χ3v) is 6.66. The highest BCUT2D eigenvalue weighted by Crippen LogP contribution is 2.42. The Hall–Kier alpha value is -3.84. The summed E-state index contributed by atoms with van der Waals surface area (Å²) in [6.45, 7) is 8.71. The van der Waals surface area contributed by atoms with Gasteiger partial charge in [0, 0.05) is 17.6 Å². The summed E-state index contributed by atoms with van der Waals surface area (Å²) in [5.74, 6) is -3.16. The Morgan fingerprint density at radius 3 is 2.33 bits per heavy atom. The van der Waals surface area contributed by atoms with Gasteiger partial charge in [-0.25, -0.2) is 34.8 Å². The Morgan fingerprint density at radius 2 is 1.70 bits per heavy atom. The monoisotopic (exact) mass is 474 g/mol. The van der Waals surface area contributed by atoms with E-state index in [1.807, 2.05) is 0 Å². The molecule has 1 aromatic heterocycles. The molecule has 0 atom stereocenters. The van der Waals surface area contributed by atoms with E-state index in [-0.39, 0.29) is 21.5 Å². The van der Waals surface area contributed by atoms with Gasteiger partial charge in [0.15, 0.2) is 11.6 Å². The lowest BCUT2D eigenvalue weighted by Gasteiger charge is -2.15. The number of hydrogen-bond donors (Lipinski definition) is 0. The Morgan fingerprint density at radius 1 is 1.00 bits per heavy atom. The van der Waals surface area contributed by atoms with Crippen LogP contribution in [0.4, 0.5) is 23.2 Å². The van der Waals surface area contributed by atoms with Crippen LogP contribution >= 0.6 is 0 Å². The zero-order valence-corrected chi connectivity index (χ0v) is 17.7. The van der Waals surface area contributed by atoms with Crippen LogP contribution in [0.5, 0.6) is 11.5 Å². The number of benzene rings is 3. The van der Waals surface area contributed by atoms with Crippen LogP contribution < -0.4 is 4.74 Å². The van der Waals surface area contributed by atoms with Crippen molar-refractivity contribution in [2.24, 2.45) is 0 Å². The first-order chi connectivity index (χ1) is 15.6. The van der Waals surface area contributed by atoms with Gasteiger partial charge in [-0.05, 0) is 43.3 Å². The molecule has 3 aromatic carbocycles. The standard InChI is InChI=1S/C23H14F4N2O3S/c1-13-3-6-15(7-4-13)33(30,31)29-10-9-16-20(29)12-18(25)22(21(16)23(26)27)32-14-5-8-17(24)19(11-14)28-2/h3-12,23H,1H3. The van der Waals surface area contributed by atoms with Crippen molar-refractivity contribution in [3.05, 3.63) is 95.0 Å². The summed E-state index contributed by atoms with van der Waals surface area (Å²) in [5.41, 5.74) is -0.766. The first-order valence-corrected chi connectivity index (χ1v) is 10.9. The lowest BCUT2D eigenvalue weighted by atomic mass is 10.1. The van der Waals surface area contributed by atoms with Crippen LogP contribution in [-0.2, 0) is 10.0 Å². The van der Waals surface area contributed by atoms with Gasteiger partial charge in [-0.1, -0.05) is 17.7 Å². The number of alkyl halides is 2. The van der Waals surface area contributed by atoms with E-state index in [1.54, 1.807) is 19.1 Å².